The van der Waals surface area contributed by atoms with Gasteiger partial charge in [-0.05, 0) is 18.8 Å². The van der Waals surface area contributed by atoms with Gasteiger partial charge in [0.15, 0.2) is 0 Å². The van der Waals surface area contributed by atoms with E-state index in [4.69, 9.17) is 0 Å². The number of hydrogen-bond acceptors (Lipinski definition) is 2. The van der Waals surface area contributed by atoms with Crippen LogP contribution in [0.1, 0.15) is 39.1 Å². The Hall–Kier alpha value is -0.370. The molecular formula is C10H19NS. The Labute approximate surface area is 79.9 Å². The second-order valence-corrected chi connectivity index (χ2v) is 3.84. The van der Waals surface area contributed by atoms with Crippen molar-refractivity contribution in [3.63, 3.8) is 0 Å². The Morgan fingerprint density at radius 3 is 2.50 bits per heavy atom. The summed E-state index contributed by atoms with van der Waals surface area (Å²) in [6.45, 7) is 8.49. The second-order valence-electron chi connectivity index (χ2n) is 2.86. The zero-order valence-corrected chi connectivity index (χ0v) is 9.32. The number of nitrogens with zero attached hydrogens (tertiary/aromatic N) is 1. The predicted molar refractivity (Wildman–Crippen MR) is 56.6 cm³/mol. The molecule has 0 bridgehead atoms. The first-order valence-corrected chi connectivity index (χ1v) is 5.55. The zero-order valence-electron chi connectivity index (χ0n) is 8.50. The van der Waals surface area contributed by atoms with Crippen molar-refractivity contribution < 1.29 is 0 Å². The van der Waals surface area contributed by atoms with Crippen molar-refractivity contribution in [2.24, 2.45) is 5.92 Å². The minimum atomic E-state index is 0.795. The van der Waals surface area contributed by atoms with Gasteiger partial charge in [0.25, 0.3) is 0 Å². The summed E-state index contributed by atoms with van der Waals surface area (Å²) in [5.74, 6) is 0.795. The minimum absolute atomic E-state index is 0.795. The van der Waals surface area contributed by atoms with Crippen LogP contribution >= 0.6 is 11.3 Å². The van der Waals surface area contributed by atoms with Gasteiger partial charge in [0.05, 0.1) is 5.01 Å². The average molecular weight is 185 g/mol. The first kappa shape index (κ1) is 11.6. The van der Waals surface area contributed by atoms with Crippen LogP contribution in [0, 0.1) is 5.92 Å². The van der Waals surface area contributed by atoms with E-state index in [2.05, 4.69) is 18.8 Å². The summed E-state index contributed by atoms with van der Waals surface area (Å²) in [6.07, 6.45) is 4.28. The van der Waals surface area contributed by atoms with E-state index in [1.165, 1.54) is 11.4 Å². The molecule has 0 N–H and O–H groups in total. The molecule has 2 heteroatoms. The number of rotatable bonds is 3. The van der Waals surface area contributed by atoms with E-state index in [1.54, 1.807) is 11.3 Å². The number of aromatic nitrogens is 1. The van der Waals surface area contributed by atoms with Gasteiger partial charge in [0.2, 0.25) is 0 Å². The molecule has 0 amide bonds. The summed E-state index contributed by atoms with van der Waals surface area (Å²) in [5.41, 5.74) is 0. The van der Waals surface area contributed by atoms with Crippen LogP contribution in [0.4, 0.5) is 0 Å². The fourth-order valence-electron chi connectivity index (χ4n) is 0.789. The van der Waals surface area contributed by atoms with Gasteiger partial charge in [-0.15, -0.1) is 11.3 Å². The lowest BCUT2D eigenvalue weighted by Crippen LogP contribution is -1.90. The quantitative estimate of drug-likeness (QED) is 0.698. The molecule has 12 heavy (non-hydrogen) atoms. The molecule has 0 aliphatic carbocycles. The molecule has 1 nitrogen and oxygen atoms in total. The standard InChI is InChI=1S/C8H13NS.C2H6/c1-7(2)3-4-8-9-5-6-10-8;1-2/h5-7H,3-4H2,1-2H3;1-2H3. The highest BCUT2D eigenvalue weighted by atomic mass is 32.1. The highest BCUT2D eigenvalue weighted by Crippen LogP contribution is 2.10. The zero-order chi connectivity index (χ0) is 9.40. The van der Waals surface area contributed by atoms with Crippen LogP contribution < -0.4 is 0 Å². The van der Waals surface area contributed by atoms with Crippen molar-refractivity contribution in [3.8, 4) is 0 Å². The van der Waals surface area contributed by atoms with Gasteiger partial charge >= 0.3 is 0 Å². The van der Waals surface area contributed by atoms with E-state index < -0.39 is 0 Å². The van der Waals surface area contributed by atoms with E-state index in [9.17, 15) is 0 Å². The maximum absolute atomic E-state index is 4.21. The van der Waals surface area contributed by atoms with Crippen molar-refractivity contribution in [1.29, 1.82) is 0 Å². The SMILES string of the molecule is CC.CC(C)CCc1nccs1. The molecule has 0 saturated heterocycles. The van der Waals surface area contributed by atoms with Crippen LogP contribution in [0.2, 0.25) is 0 Å². The maximum atomic E-state index is 4.21. The molecule has 0 saturated carbocycles. The lowest BCUT2D eigenvalue weighted by Gasteiger charge is -1.99. The molecule has 0 atom stereocenters. The number of aryl methyl sites for hydroxylation is 1. The van der Waals surface area contributed by atoms with Crippen molar-refractivity contribution >= 4 is 11.3 Å². The third kappa shape index (κ3) is 5.30. The largest absolute Gasteiger partial charge is 0.250 e. The van der Waals surface area contributed by atoms with Crippen LogP contribution in [0.15, 0.2) is 11.6 Å². The molecule has 0 radical (unpaired) electrons. The normalized spacial score (nSPS) is 9.42. The monoisotopic (exact) mass is 185 g/mol. The summed E-state index contributed by atoms with van der Waals surface area (Å²) in [6, 6.07) is 0. The van der Waals surface area contributed by atoms with Crippen LogP contribution in [0.25, 0.3) is 0 Å². The lowest BCUT2D eigenvalue weighted by atomic mass is 10.1. The molecule has 1 rings (SSSR count). The average Bonchev–Trinajstić information content (AvgIpc) is 2.56. The van der Waals surface area contributed by atoms with Crippen LogP contribution in [0.5, 0.6) is 0 Å². The lowest BCUT2D eigenvalue weighted by molar-refractivity contribution is 0.585. The Balaban J connectivity index is 0.000000561. The molecule has 0 unspecified atom stereocenters. The third-order valence-corrected chi connectivity index (χ3v) is 2.26. The third-order valence-electron chi connectivity index (χ3n) is 1.42. The molecule has 1 aromatic rings. The van der Waals surface area contributed by atoms with Gasteiger partial charge in [0.1, 0.15) is 0 Å². The Morgan fingerprint density at radius 1 is 1.42 bits per heavy atom. The van der Waals surface area contributed by atoms with Crippen LogP contribution in [0.3, 0.4) is 0 Å². The van der Waals surface area contributed by atoms with Gasteiger partial charge in [-0.2, -0.15) is 0 Å². The van der Waals surface area contributed by atoms with Gasteiger partial charge in [0, 0.05) is 11.6 Å². The van der Waals surface area contributed by atoms with E-state index in [-0.39, 0.29) is 0 Å². The summed E-state index contributed by atoms with van der Waals surface area (Å²) in [5, 5.41) is 3.31. The highest BCUT2D eigenvalue weighted by Gasteiger charge is 1.97. The molecule has 0 fully saturated rings. The van der Waals surface area contributed by atoms with Gasteiger partial charge < -0.3 is 0 Å². The summed E-state index contributed by atoms with van der Waals surface area (Å²) < 4.78 is 0. The number of hydrogen-bond donors (Lipinski definition) is 0. The fourth-order valence-corrected chi connectivity index (χ4v) is 1.42. The van der Waals surface area contributed by atoms with Gasteiger partial charge in [-0.25, -0.2) is 4.98 Å². The molecule has 0 aromatic carbocycles. The molecular weight excluding hydrogens is 166 g/mol. The first-order valence-electron chi connectivity index (χ1n) is 4.67. The van der Waals surface area contributed by atoms with Gasteiger partial charge in [-0.1, -0.05) is 27.7 Å². The summed E-state index contributed by atoms with van der Waals surface area (Å²) in [7, 11) is 0. The predicted octanol–water partition coefficient (Wildman–Crippen LogP) is 3.76. The molecule has 70 valence electrons. The Kier molecular flexibility index (Phi) is 7.06. The van der Waals surface area contributed by atoms with E-state index in [1.807, 2.05) is 25.4 Å². The smallest absolute Gasteiger partial charge is 0.0924 e. The first-order chi connectivity index (χ1) is 5.79. The summed E-state index contributed by atoms with van der Waals surface area (Å²) in [4.78, 5) is 4.21. The van der Waals surface area contributed by atoms with Crippen molar-refractivity contribution in [2.75, 3.05) is 0 Å². The molecule has 0 aliphatic heterocycles. The fraction of sp³-hybridized carbons (Fsp3) is 0.700. The molecule has 1 aromatic heterocycles. The van der Waals surface area contributed by atoms with Crippen LogP contribution in [-0.4, -0.2) is 4.98 Å². The van der Waals surface area contributed by atoms with E-state index >= 15 is 0 Å². The van der Waals surface area contributed by atoms with E-state index in [0.717, 1.165) is 12.3 Å². The highest BCUT2D eigenvalue weighted by molar-refractivity contribution is 7.09. The number of thiazole rings is 1. The molecule has 0 spiro atoms. The maximum Gasteiger partial charge on any atom is 0.0924 e. The summed E-state index contributed by atoms with van der Waals surface area (Å²) >= 11 is 1.75. The van der Waals surface area contributed by atoms with E-state index in [0.29, 0.717) is 0 Å². The second kappa shape index (κ2) is 7.29. The van der Waals surface area contributed by atoms with Crippen molar-refractivity contribution in [3.05, 3.63) is 16.6 Å². The molecule has 1 heterocycles. The minimum Gasteiger partial charge on any atom is -0.250 e. The van der Waals surface area contributed by atoms with Crippen LogP contribution in [-0.2, 0) is 6.42 Å². The molecule has 0 aliphatic rings. The Morgan fingerprint density at radius 2 is 2.08 bits per heavy atom. The van der Waals surface area contributed by atoms with Gasteiger partial charge in [-0.3, -0.25) is 0 Å². The Bertz CT molecular complexity index is 168. The topological polar surface area (TPSA) is 12.9 Å². The van der Waals surface area contributed by atoms with Crippen molar-refractivity contribution in [2.45, 2.75) is 40.5 Å². The van der Waals surface area contributed by atoms with Crippen molar-refractivity contribution in [1.82, 2.24) is 4.98 Å².